The van der Waals surface area contributed by atoms with E-state index in [-0.39, 0.29) is 0 Å². The van der Waals surface area contributed by atoms with Crippen LogP contribution in [0.4, 0.5) is 0 Å². The van der Waals surface area contributed by atoms with Crippen molar-refractivity contribution in [2.24, 2.45) is 28.6 Å². The predicted molar refractivity (Wildman–Crippen MR) is 63.2 cm³/mol. The fourth-order valence-electron chi connectivity index (χ4n) is 2.61. The third-order valence-corrected chi connectivity index (χ3v) is 4.91. The van der Waals surface area contributed by atoms with Gasteiger partial charge in [0.25, 0.3) is 0 Å². The minimum Gasteiger partial charge on any atom is -0.0925 e. The summed E-state index contributed by atoms with van der Waals surface area (Å²) in [4.78, 5) is 0. The molecule has 0 aromatic heterocycles. The lowest BCUT2D eigenvalue weighted by atomic mass is 9.77. The molecule has 3 unspecified atom stereocenters. The first-order valence-corrected chi connectivity index (χ1v) is 6.41. The van der Waals surface area contributed by atoms with E-state index in [1.807, 2.05) is 0 Å². The molecule has 0 saturated heterocycles. The summed E-state index contributed by atoms with van der Waals surface area (Å²) in [6, 6.07) is 0. The van der Waals surface area contributed by atoms with E-state index in [4.69, 9.17) is 0 Å². The SMILES string of the molecule is CC(C1C(CBr)C1(C)C)C(C)(C)C. The van der Waals surface area contributed by atoms with Crippen molar-refractivity contribution in [1.82, 2.24) is 0 Å². The minimum absolute atomic E-state index is 0.457. The molecule has 0 aliphatic heterocycles. The summed E-state index contributed by atoms with van der Waals surface area (Å²) in [5.41, 5.74) is 1.02. The third kappa shape index (κ3) is 1.95. The maximum Gasteiger partial charge on any atom is 0.00678 e. The molecule has 0 spiro atoms. The zero-order valence-corrected chi connectivity index (χ0v) is 11.4. The fraction of sp³-hybridized carbons (Fsp3) is 1.00. The maximum atomic E-state index is 3.63. The zero-order valence-electron chi connectivity index (χ0n) is 9.82. The number of alkyl halides is 1. The molecule has 1 aliphatic rings. The Morgan fingerprint density at radius 1 is 1.31 bits per heavy atom. The largest absolute Gasteiger partial charge is 0.0925 e. The topological polar surface area (TPSA) is 0 Å². The molecule has 1 heteroatoms. The molecule has 78 valence electrons. The van der Waals surface area contributed by atoms with Crippen LogP contribution in [-0.4, -0.2) is 5.33 Å². The van der Waals surface area contributed by atoms with E-state index in [1.165, 1.54) is 5.33 Å². The smallest absolute Gasteiger partial charge is 0.00678 e. The molecule has 0 aromatic carbocycles. The van der Waals surface area contributed by atoms with E-state index in [9.17, 15) is 0 Å². The van der Waals surface area contributed by atoms with Crippen LogP contribution < -0.4 is 0 Å². The van der Waals surface area contributed by atoms with Crippen LogP contribution in [0.5, 0.6) is 0 Å². The first-order valence-electron chi connectivity index (χ1n) is 5.29. The van der Waals surface area contributed by atoms with Crippen LogP contribution in [0, 0.1) is 28.6 Å². The molecule has 0 amide bonds. The van der Waals surface area contributed by atoms with Crippen molar-refractivity contribution < 1.29 is 0 Å². The monoisotopic (exact) mass is 246 g/mol. The highest BCUT2D eigenvalue weighted by Crippen LogP contribution is 2.64. The summed E-state index contributed by atoms with van der Waals surface area (Å²) >= 11 is 3.63. The van der Waals surface area contributed by atoms with Crippen molar-refractivity contribution in [1.29, 1.82) is 0 Å². The number of hydrogen-bond acceptors (Lipinski definition) is 0. The third-order valence-electron chi connectivity index (χ3n) is 4.21. The Hall–Kier alpha value is 0.480. The van der Waals surface area contributed by atoms with Gasteiger partial charge in [-0.15, -0.1) is 0 Å². The Bertz CT molecular complexity index is 188. The summed E-state index contributed by atoms with van der Waals surface area (Å²) in [7, 11) is 0. The van der Waals surface area contributed by atoms with Crippen LogP contribution in [0.25, 0.3) is 0 Å². The van der Waals surface area contributed by atoms with Crippen molar-refractivity contribution in [3.63, 3.8) is 0 Å². The summed E-state index contributed by atoms with van der Waals surface area (Å²) in [6.45, 7) is 14.3. The molecule has 1 rings (SSSR count). The molecular weight excluding hydrogens is 224 g/mol. The van der Waals surface area contributed by atoms with Gasteiger partial charge >= 0.3 is 0 Å². The van der Waals surface area contributed by atoms with Crippen LogP contribution >= 0.6 is 15.9 Å². The Balaban J connectivity index is 2.67. The second-order valence-corrected chi connectivity index (χ2v) is 6.91. The number of halogens is 1. The highest BCUT2D eigenvalue weighted by molar-refractivity contribution is 9.09. The first-order chi connectivity index (χ1) is 5.73. The number of hydrogen-bond donors (Lipinski definition) is 0. The Labute approximate surface area is 91.6 Å². The van der Waals surface area contributed by atoms with Gasteiger partial charge in [-0.3, -0.25) is 0 Å². The second kappa shape index (κ2) is 3.25. The van der Waals surface area contributed by atoms with Crippen LogP contribution in [0.1, 0.15) is 41.5 Å². The van der Waals surface area contributed by atoms with E-state index in [1.54, 1.807) is 0 Å². The summed E-state index contributed by atoms with van der Waals surface area (Å²) in [5, 5.41) is 1.17. The molecule has 0 aromatic rings. The fourth-order valence-corrected chi connectivity index (χ4v) is 3.85. The molecule has 13 heavy (non-hydrogen) atoms. The van der Waals surface area contributed by atoms with E-state index in [0.717, 1.165) is 17.8 Å². The zero-order chi connectivity index (χ0) is 10.4. The van der Waals surface area contributed by atoms with Crippen molar-refractivity contribution in [2.75, 3.05) is 5.33 Å². The number of rotatable bonds is 2. The summed E-state index contributed by atoms with van der Waals surface area (Å²) < 4.78 is 0. The van der Waals surface area contributed by atoms with Crippen LogP contribution in [0.2, 0.25) is 0 Å². The van der Waals surface area contributed by atoms with Crippen molar-refractivity contribution >= 4 is 15.9 Å². The Morgan fingerprint density at radius 3 is 2.00 bits per heavy atom. The molecule has 1 saturated carbocycles. The summed E-state index contributed by atoms with van der Waals surface area (Å²) in [5.74, 6) is 2.62. The highest BCUT2D eigenvalue weighted by atomic mass is 79.9. The van der Waals surface area contributed by atoms with E-state index in [2.05, 4.69) is 57.5 Å². The quantitative estimate of drug-likeness (QED) is 0.637. The molecule has 1 aliphatic carbocycles. The molecule has 0 radical (unpaired) electrons. The second-order valence-electron chi connectivity index (χ2n) is 6.26. The lowest BCUT2D eigenvalue weighted by molar-refractivity contribution is 0.208. The van der Waals surface area contributed by atoms with Gasteiger partial charge < -0.3 is 0 Å². The van der Waals surface area contributed by atoms with Gasteiger partial charge in [0, 0.05) is 5.33 Å². The maximum absolute atomic E-state index is 3.63. The normalized spacial score (nSPS) is 34.4. The van der Waals surface area contributed by atoms with Gasteiger partial charge in [0.2, 0.25) is 0 Å². The Kier molecular flexibility index (Phi) is 2.89. The van der Waals surface area contributed by atoms with E-state index < -0.39 is 0 Å². The van der Waals surface area contributed by atoms with Gasteiger partial charge in [-0.05, 0) is 28.6 Å². The van der Waals surface area contributed by atoms with Crippen LogP contribution in [0.3, 0.4) is 0 Å². The minimum atomic E-state index is 0.457. The standard InChI is InChI=1S/C12H23Br/c1-8(11(2,3)4)10-9(7-13)12(10,5)6/h8-10H,7H2,1-6H3. The lowest BCUT2D eigenvalue weighted by Gasteiger charge is -2.28. The Morgan fingerprint density at radius 2 is 1.77 bits per heavy atom. The van der Waals surface area contributed by atoms with Crippen LogP contribution in [-0.2, 0) is 0 Å². The molecule has 0 nitrogen and oxygen atoms in total. The molecule has 0 N–H and O–H groups in total. The molecule has 1 fully saturated rings. The van der Waals surface area contributed by atoms with Gasteiger partial charge in [-0.1, -0.05) is 57.5 Å². The van der Waals surface area contributed by atoms with Crippen LogP contribution in [0.15, 0.2) is 0 Å². The van der Waals surface area contributed by atoms with Crippen molar-refractivity contribution in [2.45, 2.75) is 41.5 Å². The molecule has 0 heterocycles. The first kappa shape index (κ1) is 11.6. The molecular formula is C12H23Br. The van der Waals surface area contributed by atoms with Gasteiger partial charge in [-0.2, -0.15) is 0 Å². The molecule has 0 bridgehead atoms. The lowest BCUT2D eigenvalue weighted by Crippen LogP contribution is -2.21. The van der Waals surface area contributed by atoms with Crippen molar-refractivity contribution in [3.05, 3.63) is 0 Å². The van der Waals surface area contributed by atoms with Gasteiger partial charge in [0.1, 0.15) is 0 Å². The molecule has 3 atom stereocenters. The van der Waals surface area contributed by atoms with E-state index in [0.29, 0.717) is 10.8 Å². The average Bonchev–Trinajstić information content (AvgIpc) is 2.49. The van der Waals surface area contributed by atoms with Gasteiger partial charge in [-0.25, -0.2) is 0 Å². The average molecular weight is 247 g/mol. The van der Waals surface area contributed by atoms with Gasteiger partial charge in [0.05, 0.1) is 0 Å². The summed E-state index contributed by atoms with van der Waals surface area (Å²) in [6.07, 6.45) is 0. The van der Waals surface area contributed by atoms with E-state index >= 15 is 0 Å². The van der Waals surface area contributed by atoms with Crippen molar-refractivity contribution in [3.8, 4) is 0 Å². The highest BCUT2D eigenvalue weighted by Gasteiger charge is 2.60. The predicted octanol–water partition coefficient (Wildman–Crippen LogP) is 4.34. The van der Waals surface area contributed by atoms with Gasteiger partial charge in [0.15, 0.2) is 0 Å².